The Morgan fingerprint density at radius 1 is 1.05 bits per heavy atom. The van der Waals surface area contributed by atoms with Gasteiger partial charge in [0.1, 0.15) is 0 Å². The van der Waals surface area contributed by atoms with Crippen LogP contribution in [0.5, 0.6) is 0 Å². The fraction of sp³-hybridized carbons (Fsp3) is 0.938. The first-order valence-corrected chi connectivity index (χ1v) is 9.08. The molecular formula is C16H33N3OS2. The highest BCUT2D eigenvalue weighted by Gasteiger charge is 2.29. The summed E-state index contributed by atoms with van der Waals surface area (Å²) in [6, 6.07) is -0.171. The molecule has 0 aromatic carbocycles. The Morgan fingerprint density at radius 3 is 2.14 bits per heavy atom. The highest BCUT2D eigenvalue weighted by molar-refractivity contribution is 7.82. The Labute approximate surface area is 147 Å². The summed E-state index contributed by atoms with van der Waals surface area (Å²) in [4.78, 5) is 16.5. The molecule has 1 heterocycles. The van der Waals surface area contributed by atoms with Crippen LogP contribution in [-0.2, 0) is 4.79 Å². The summed E-state index contributed by atoms with van der Waals surface area (Å²) in [6.45, 7) is 13.0. The molecule has 130 valence electrons. The van der Waals surface area contributed by atoms with Crippen LogP contribution in [0.1, 0.15) is 47.0 Å². The Kier molecular flexibility index (Phi) is 7.57. The van der Waals surface area contributed by atoms with Gasteiger partial charge in [-0.3, -0.25) is 9.69 Å². The summed E-state index contributed by atoms with van der Waals surface area (Å²) in [7, 11) is 0. The Morgan fingerprint density at radius 2 is 1.64 bits per heavy atom. The zero-order chi connectivity index (χ0) is 17.0. The van der Waals surface area contributed by atoms with E-state index in [4.69, 9.17) is 5.73 Å². The average Bonchev–Trinajstić information content (AvgIpc) is 2.37. The van der Waals surface area contributed by atoms with E-state index in [-0.39, 0.29) is 21.4 Å². The van der Waals surface area contributed by atoms with Crippen molar-refractivity contribution in [2.24, 2.45) is 5.73 Å². The number of carbonyl (C=O) groups is 1. The molecule has 4 nitrogen and oxygen atoms in total. The Bertz CT molecular complexity index is 363. The molecule has 0 aliphatic carbocycles. The monoisotopic (exact) mass is 347 g/mol. The molecule has 1 atom stereocenters. The Hall–Kier alpha value is 0.0900. The van der Waals surface area contributed by atoms with Crippen LogP contribution in [0.3, 0.4) is 0 Å². The van der Waals surface area contributed by atoms with Crippen molar-refractivity contribution >= 4 is 31.2 Å². The van der Waals surface area contributed by atoms with Crippen molar-refractivity contribution < 1.29 is 4.79 Å². The van der Waals surface area contributed by atoms with Gasteiger partial charge in [-0.15, -0.1) is 0 Å². The maximum absolute atomic E-state index is 11.9. The number of primary amides is 1. The van der Waals surface area contributed by atoms with Gasteiger partial charge in [0.25, 0.3) is 0 Å². The van der Waals surface area contributed by atoms with Crippen LogP contribution in [0.2, 0.25) is 0 Å². The summed E-state index contributed by atoms with van der Waals surface area (Å²) >= 11 is 9.29. The zero-order valence-corrected chi connectivity index (χ0v) is 16.3. The topological polar surface area (TPSA) is 49.6 Å². The van der Waals surface area contributed by atoms with Crippen molar-refractivity contribution in [3.8, 4) is 0 Å². The first-order valence-electron chi connectivity index (χ1n) is 8.18. The molecule has 0 aromatic heterocycles. The van der Waals surface area contributed by atoms with E-state index in [1.54, 1.807) is 0 Å². The Balaban J connectivity index is 2.81. The maximum atomic E-state index is 11.9. The lowest BCUT2D eigenvalue weighted by Crippen LogP contribution is -2.51. The predicted octanol–water partition coefficient (Wildman–Crippen LogP) is 2.04. The van der Waals surface area contributed by atoms with Crippen LogP contribution < -0.4 is 5.73 Å². The summed E-state index contributed by atoms with van der Waals surface area (Å²) in [5.41, 5.74) is 5.65. The molecule has 0 aromatic rings. The predicted molar refractivity (Wildman–Crippen MR) is 101 cm³/mol. The van der Waals surface area contributed by atoms with Crippen LogP contribution in [0.15, 0.2) is 0 Å². The lowest BCUT2D eigenvalue weighted by atomic mass is 10.1. The molecule has 1 fully saturated rings. The molecule has 0 radical (unpaired) electrons. The van der Waals surface area contributed by atoms with Gasteiger partial charge in [0.2, 0.25) is 5.91 Å². The van der Waals surface area contributed by atoms with E-state index in [2.05, 4.69) is 62.8 Å². The van der Waals surface area contributed by atoms with Gasteiger partial charge >= 0.3 is 0 Å². The third kappa shape index (κ3) is 8.09. The highest BCUT2D eigenvalue weighted by Crippen LogP contribution is 2.21. The number of hydrogen-bond acceptors (Lipinski definition) is 5. The van der Waals surface area contributed by atoms with Gasteiger partial charge < -0.3 is 10.6 Å². The van der Waals surface area contributed by atoms with Crippen molar-refractivity contribution in [1.29, 1.82) is 0 Å². The van der Waals surface area contributed by atoms with Gasteiger partial charge in [-0.25, -0.2) is 0 Å². The van der Waals surface area contributed by atoms with E-state index in [1.165, 1.54) is 0 Å². The molecule has 1 rings (SSSR count). The van der Waals surface area contributed by atoms with Crippen molar-refractivity contribution in [2.75, 3.05) is 32.7 Å². The largest absolute Gasteiger partial charge is 0.368 e. The fourth-order valence-corrected chi connectivity index (χ4v) is 3.49. The third-order valence-corrected chi connectivity index (χ3v) is 4.16. The van der Waals surface area contributed by atoms with Gasteiger partial charge in [0.15, 0.2) is 0 Å². The van der Waals surface area contributed by atoms with Crippen LogP contribution >= 0.6 is 25.3 Å². The minimum atomic E-state index is -0.208. The first-order chi connectivity index (χ1) is 9.98. The van der Waals surface area contributed by atoms with Gasteiger partial charge in [0.05, 0.1) is 6.04 Å². The SMILES string of the molecule is CC(C)(S)CN1CCCCC(C(N)=O)N(CC(C)(C)S)CC1. The van der Waals surface area contributed by atoms with Crippen molar-refractivity contribution in [1.82, 2.24) is 9.80 Å². The van der Waals surface area contributed by atoms with Crippen LogP contribution in [-0.4, -0.2) is 64.0 Å². The molecule has 0 saturated carbocycles. The van der Waals surface area contributed by atoms with E-state index in [0.717, 1.165) is 52.0 Å². The van der Waals surface area contributed by atoms with Gasteiger partial charge in [0, 0.05) is 35.7 Å². The number of rotatable bonds is 5. The van der Waals surface area contributed by atoms with Gasteiger partial charge in [-0.1, -0.05) is 6.42 Å². The van der Waals surface area contributed by atoms with E-state index in [1.807, 2.05) is 0 Å². The number of nitrogens with two attached hydrogens (primary N) is 1. The molecule has 1 aliphatic heterocycles. The molecule has 1 saturated heterocycles. The first kappa shape index (κ1) is 20.1. The smallest absolute Gasteiger partial charge is 0.234 e. The summed E-state index contributed by atoms with van der Waals surface area (Å²) in [6.07, 6.45) is 2.98. The zero-order valence-electron chi connectivity index (χ0n) is 14.5. The van der Waals surface area contributed by atoms with Crippen molar-refractivity contribution in [2.45, 2.75) is 62.5 Å². The molecule has 0 spiro atoms. The quantitative estimate of drug-likeness (QED) is 0.667. The van der Waals surface area contributed by atoms with Crippen molar-refractivity contribution in [3.05, 3.63) is 0 Å². The van der Waals surface area contributed by atoms with Crippen LogP contribution in [0.25, 0.3) is 0 Å². The lowest BCUT2D eigenvalue weighted by Gasteiger charge is -2.35. The van der Waals surface area contributed by atoms with Crippen LogP contribution in [0, 0.1) is 0 Å². The molecule has 1 unspecified atom stereocenters. The molecular weight excluding hydrogens is 314 g/mol. The van der Waals surface area contributed by atoms with E-state index in [0.29, 0.717) is 0 Å². The van der Waals surface area contributed by atoms with Gasteiger partial charge in [-0.05, 0) is 47.1 Å². The third-order valence-electron chi connectivity index (χ3n) is 3.88. The molecule has 0 bridgehead atoms. The molecule has 6 heteroatoms. The normalized spacial score (nSPS) is 23.6. The molecule has 2 N–H and O–H groups in total. The number of nitrogens with zero attached hydrogens (tertiary/aromatic N) is 2. The number of carbonyl (C=O) groups excluding carboxylic acids is 1. The second-order valence-electron chi connectivity index (χ2n) is 7.79. The molecule has 1 aliphatic rings. The molecule has 1 amide bonds. The van der Waals surface area contributed by atoms with Crippen molar-refractivity contribution in [3.63, 3.8) is 0 Å². The summed E-state index contributed by atoms with van der Waals surface area (Å²) < 4.78 is -0.153. The number of amides is 1. The van der Waals surface area contributed by atoms with E-state index >= 15 is 0 Å². The second-order valence-corrected chi connectivity index (χ2v) is 10.2. The standard InChI is InChI=1S/C16H33N3OS2/c1-15(2,21)11-18-8-6-5-7-13(14(17)20)19(10-9-18)12-16(3,4)22/h13,21-22H,5-12H2,1-4H3,(H2,17,20). The summed E-state index contributed by atoms with van der Waals surface area (Å²) in [5.74, 6) is -0.208. The molecule has 22 heavy (non-hydrogen) atoms. The second kappa shape index (κ2) is 8.27. The van der Waals surface area contributed by atoms with Crippen LogP contribution in [0.4, 0.5) is 0 Å². The minimum absolute atomic E-state index is 0.00914. The number of thiol groups is 2. The van der Waals surface area contributed by atoms with E-state index in [9.17, 15) is 4.79 Å². The maximum Gasteiger partial charge on any atom is 0.234 e. The average molecular weight is 348 g/mol. The summed E-state index contributed by atoms with van der Waals surface area (Å²) in [5, 5.41) is 0. The minimum Gasteiger partial charge on any atom is -0.368 e. The number of hydrogen-bond donors (Lipinski definition) is 3. The van der Waals surface area contributed by atoms with Gasteiger partial charge in [-0.2, -0.15) is 25.3 Å². The lowest BCUT2D eigenvalue weighted by molar-refractivity contribution is -0.123. The fourth-order valence-electron chi connectivity index (χ4n) is 3.11. The van der Waals surface area contributed by atoms with E-state index < -0.39 is 0 Å². The highest BCUT2D eigenvalue weighted by atomic mass is 32.1.